The average molecular weight is 309 g/mol. The van der Waals surface area contributed by atoms with Gasteiger partial charge in [-0.1, -0.05) is 12.1 Å². The van der Waals surface area contributed by atoms with Crippen molar-refractivity contribution < 1.29 is 28.2 Å². The van der Waals surface area contributed by atoms with Crippen molar-refractivity contribution in [3.05, 3.63) is 48.5 Å². The summed E-state index contributed by atoms with van der Waals surface area (Å²) in [5.41, 5.74) is 0.410. The number of ether oxygens (including phenoxy) is 2. The Bertz CT molecular complexity index is 632. The second-order valence-corrected chi connectivity index (χ2v) is 4.21. The first-order valence-electron chi connectivity index (χ1n) is 6.30. The van der Waals surface area contributed by atoms with E-state index in [4.69, 9.17) is 4.74 Å². The van der Waals surface area contributed by atoms with Gasteiger partial charge in [-0.25, -0.2) is 0 Å². The second kappa shape index (κ2) is 7.26. The molecule has 0 aliphatic carbocycles. The van der Waals surface area contributed by atoms with E-state index in [0.717, 1.165) is 0 Å². The Morgan fingerprint density at radius 1 is 1.14 bits per heavy atom. The van der Waals surface area contributed by atoms with E-state index in [1.54, 1.807) is 12.1 Å². The predicted molar refractivity (Wildman–Crippen MR) is 75.3 cm³/mol. The summed E-state index contributed by atoms with van der Waals surface area (Å²) in [6, 6.07) is 11.7. The Morgan fingerprint density at radius 3 is 2.45 bits per heavy atom. The number of hydrogen-bond acceptors (Lipinski definition) is 4. The highest BCUT2D eigenvalue weighted by atomic mass is 19.3. The van der Waals surface area contributed by atoms with Crippen molar-refractivity contribution in [1.82, 2.24) is 0 Å². The molecule has 0 fully saturated rings. The van der Waals surface area contributed by atoms with Crippen LogP contribution in [0.25, 0.3) is 0 Å². The molecule has 116 valence electrons. The van der Waals surface area contributed by atoms with E-state index >= 15 is 0 Å². The van der Waals surface area contributed by atoms with Gasteiger partial charge in [0.2, 0.25) is 0 Å². The van der Waals surface area contributed by atoms with Crippen LogP contribution in [0.15, 0.2) is 48.5 Å². The fourth-order valence-corrected chi connectivity index (χ4v) is 1.64. The van der Waals surface area contributed by atoms with Gasteiger partial charge >= 0.3 is 6.61 Å². The zero-order valence-electron chi connectivity index (χ0n) is 11.3. The van der Waals surface area contributed by atoms with Crippen molar-refractivity contribution in [3.63, 3.8) is 0 Å². The Balaban J connectivity index is 1.85. The van der Waals surface area contributed by atoms with Gasteiger partial charge in [0.1, 0.15) is 5.75 Å². The lowest BCUT2D eigenvalue weighted by molar-refractivity contribution is -0.118. The Labute approximate surface area is 125 Å². The highest BCUT2D eigenvalue weighted by molar-refractivity contribution is 5.91. The first kappa shape index (κ1) is 15.6. The molecule has 2 N–H and O–H groups in total. The molecular formula is C15H13F2NO4. The number of aromatic hydroxyl groups is 1. The molecule has 2 rings (SSSR count). The number of rotatable bonds is 6. The van der Waals surface area contributed by atoms with E-state index in [-0.39, 0.29) is 23.9 Å². The Kier molecular flexibility index (Phi) is 5.13. The monoisotopic (exact) mass is 309 g/mol. The van der Waals surface area contributed by atoms with Crippen molar-refractivity contribution >= 4 is 11.6 Å². The predicted octanol–water partition coefficient (Wildman–Crippen LogP) is 3.01. The van der Waals surface area contributed by atoms with Gasteiger partial charge in [-0.15, -0.1) is 0 Å². The fraction of sp³-hybridized carbons (Fsp3) is 0.133. The number of nitrogens with one attached hydrogen (secondary N) is 1. The van der Waals surface area contributed by atoms with Crippen LogP contribution in [0.1, 0.15) is 0 Å². The molecule has 0 radical (unpaired) electrons. The lowest BCUT2D eigenvalue weighted by Gasteiger charge is -2.09. The largest absolute Gasteiger partial charge is 0.504 e. The number of halogens is 2. The maximum Gasteiger partial charge on any atom is 0.387 e. The molecule has 0 heterocycles. The van der Waals surface area contributed by atoms with Crippen LogP contribution in [0.4, 0.5) is 14.5 Å². The molecule has 0 aliphatic rings. The topological polar surface area (TPSA) is 67.8 Å². The van der Waals surface area contributed by atoms with Crippen LogP contribution in [-0.2, 0) is 4.79 Å². The van der Waals surface area contributed by atoms with Gasteiger partial charge in [-0.3, -0.25) is 4.79 Å². The Hall–Kier alpha value is -2.83. The van der Waals surface area contributed by atoms with Crippen LogP contribution < -0.4 is 14.8 Å². The van der Waals surface area contributed by atoms with Crippen LogP contribution in [0.5, 0.6) is 17.2 Å². The molecule has 2 aromatic carbocycles. The van der Waals surface area contributed by atoms with E-state index in [1.165, 1.54) is 36.4 Å². The molecule has 0 atom stereocenters. The van der Waals surface area contributed by atoms with Crippen LogP contribution in [0.2, 0.25) is 0 Å². The number of para-hydroxylation sites is 2. The van der Waals surface area contributed by atoms with Crippen LogP contribution in [0, 0.1) is 0 Å². The van der Waals surface area contributed by atoms with Crippen molar-refractivity contribution in [2.45, 2.75) is 6.61 Å². The van der Waals surface area contributed by atoms with Crippen molar-refractivity contribution in [2.75, 3.05) is 11.9 Å². The third kappa shape index (κ3) is 4.62. The number of amides is 1. The van der Waals surface area contributed by atoms with Gasteiger partial charge in [0.05, 0.1) is 0 Å². The summed E-state index contributed by atoms with van der Waals surface area (Å²) in [6.07, 6.45) is 0. The zero-order chi connectivity index (χ0) is 15.9. The molecule has 0 saturated carbocycles. The average Bonchev–Trinajstić information content (AvgIpc) is 2.48. The summed E-state index contributed by atoms with van der Waals surface area (Å²) < 4.78 is 33.3. The molecule has 22 heavy (non-hydrogen) atoms. The van der Waals surface area contributed by atoms with Crippen molar-refractivity contribution in [1.29, 1.82) is 0 Å². The van der Waals surface area contributed by atoms with Gasteiger partial charge in [0.25, 0.3) is 5.91 Å². The standard InChI is InChI=1S/C15H13F2NO4/c16-15(17)22-11-7-5-10(6-8-11)18-14(20)9-21-13-4-2-1-3-12(13)19/h1-8,15,19H,9H2,(H,18,20). The van der Waals surface area contributed by atoms with Gasteiger partial charge in [-0.05, 0) is 36.4 Å². The fourth-order valence-electron chi connectivity index (χ4n) is 1.64. The van der Waals surface area contributed by atoms with E-state index in [0.29, 0.717) is 5.69 Å². The number of carbonyl (C=O) groups excluding carboxylic acids is 1. The summed E-state index contributed by atoms with van der Waals surface area (Å²) in [4.78, 5) is 11.7. The molecule has 0 unspecified atom stereocenters. The van der Waals surface area contributed by atoms with E-state index in [2.05, 4.69) is 10.1 Å². The summed E-state index contributed by atoms with van der Waals surface area (Å²) in [5, 5.41) is 12.0. The summed E-state index contributed by atoms with van der Waals surface area (Å²) in [6.45, 7) is -3.19. The van der Waals surface area contributed by atoms with E-state index < -0.39 is 12.5 Å². The highest BCUT2D eigenvalue weighted by Crippen LogP contribution is 2.24. The van der Waals surface area contributed by atoms with Gasteiger partial charge < -0.3 is 19.9 Å². The number of hydrogen-bond donors (Lipinski definition) is 2. The number of carbonyl (C=O) groups is 1. The molecule has 0 aliphatic heterocycles. The summed E-state index contributed by atoms with van der Waals surface area (Å²) in [5.74, 6) is -0.327. The molecule has 0 saturated heterocycles. The molecule has 2 aromatic rings. The number of phenolic OH excluding ortho intramolecular Hbond substituents is 1. The molecule has 1 amide bonds. The third-order valence-corrected chi connectivity index (χ3v) is 2.59. The maximum atomic E-state index is 12.0. The summed E-state index contributed by atoms with van der Waals surface area (Å²) >= 11 is 0. The smallest absolute Gasteiger partial charge is 0.387 e. The lowest BCUT2D eigenvalue weighted by Crippen LogP contribution is -2.20. The van der Waals surface area contributed by atoms with Crippen LogP contribution in [-0.4, -0.2) is 24.2 Å². The molecular weight excluding hydrogens is 296 g/mol. The molecule has 7 heteroatoms. The second-order valence-electron chi connectivity index (χ2n) is 4.21. The Morgan fingerprint density at radius 2 is 1.82 bits per heavy atom. The highest BCUT2D eigenvalue weighted by Gasteiger charge is 2.07. The summed E-state index contributed by atoms with van der Waals surface area (Å²) in [7, 11) is 0. The zero-order valence-corrected chi connectivity index (χ0v) is 11.3. The minimum Gasteiger partial charge on any atom is -0.504 e. The minimum absolute atomic E-state index is 0.00143. The number of benzene rings is 2. The minimum atomic E-state index is -2.90. The van der Waals surface area contributed by atoms with Crippen molar-refractivity contribution in [2.24, 2.45) is 0 Å². The van der Waals surface area contributed by atoms with Gasteiger partial charge in [-0.2, -0.15) is 8.78 Å². The molecule has 0 bridgehead atoms. The van der Waals surface area contributed by atoms with E-state index in [9.17, 15) is 18.7 Å². The molecule has 0 aromatic heterocycles. The van der Waals surface area contributed by atoms with E-state index in [1.807, 2.05) is 0 Å². The normalized spacial score (nSPS) is 10.3. The first-order valence-corrected chi connectivity index (χ1v) is 6.30. The number of alkyl halides is 2. The van der Waals surface area contributed by atoms with Crippen LogP contribution in [0.3, 0.4) is 0 Å². The van der Waals surface area contributed by atoms with Gasteiger partial charge in [0, 0.05) is 5.69 Å². The number of phenols is 1. The van der Waals surface area contributed by atoms with Crippen molar-refractivity contribution in [3.8, 4) is 17.2 Å². The molecule has 0 spiro atoms. The lowest BCUT2D eigenvalue weighted by atomic mass is 10.3. The quantitative estimate of drug-likeness (QED) is 0.861. The number of anilines is 1. The maximum absolute atomic E-state index is 12.0. The van der Waals surface area contributed by atoms with Crippen LogP contribution >= 0.6 is 0 Å². The van der Waals surface area contributed by atoms with Gasteiger partial charge in [0.15, 0.2) is 18.1 Å². The SMILES string of the molecule is O=C(COc1ccccc1O)Nc1ccc(OC(F)F)cc1. The third-order valence-electron chi connectivity index (χ3n) is 2.59. The first-order chi connectivity index (χ1) is 10.5. The molecule has 5 nitrogen and oxygen atoms in total.